The summed E-state index contributed by atoms with van der Waals surface area (Å²) < 4.78 is 0. The molecule has 1 aromatic carbocycles. The average molecular weight is 327 g/mol. The fraction of sp³-hybridized carbons (Fsp3) is 0.368. The quantitative estimate of drug-likeness (QED) is 0.440. The molecule has 2 amide bonds. The normalized spacial score (nSPS) is 11.8. The summed E-state index contributed by atoms with van der Waals surface area (Å²) in [6, 6.07) is 14.0. The average Bonchev–Trinajstić information content (AvgIpc) is 2.63. The summed E-state index contributed by atoms with van der Waals surface area (Å²) >= 11 is 0. The van der Waals surface area contributed by atoms with Crippen LogP contribution >= 0.6 is 0 Å². The highest BCUT2D eigenvalue weighted by Crippen LogP contribution is 2.29. The number of amides is 2. The second-order valence-electron chi connectivity index (χ2n) is 5.70. The molecule has 0 bridgehead atoms. The highest BCUT2D eigenvalue weighted by atomic mass is 16.5. The van der Waals surface area contributed by atoms with Crippen molar-refractivity contribution in [2.75, 3.05) is 13.1 Å². The molecule has 1 aromatic heterocycles. The first kappa shape index (κ1) is 17.9. The lowest BCUT2D eigenvalue weighted by Gasteiger charge is -2.19. The van der Waals surface area contributed by atoms with Gasteiger partial charge in [0.15, 0.2) is 0 Å². The standard InChI is InChI=1S/C19H25N3O2/c1-2-21-19(23)22(24)14-7-6-12-18(16-9-4-3-5-10-16)17-11-8-13-20-15-17/h3-5,8-11,13,15,18,24H,2,6-7,12,14H2,1H3,(H,21,23). The van der Waals surface area contributed by atoms with E-state index in [1.165, 1.54) is 11.1 Å². The highest BCUT2D eigenvalue weighted by Gasteiger charge is 2.15. The Morgan fingerprint density at radius 3 is 2.58 bits per heavy atom. The van der Waals surface area contributed by atoms with Gasteiger partial charge in [-0.15, -0.1) is 0 Å². The van der Waals surface area contributed by atoms with Gasteiger partial charge in [-0.3, -0.25) is 10.2 Å². The molecule has 128 valence electrons. The maximum atomic E-state index is 11.5. The molecule has 0 aliphatic carbocycles. The second kappa shape index (κ2) is 9.67. The molecule has 0 fully saturated rings. The molecular weight excluding hydrogens is 302 g/mol. The van der Waals surface area contributed by atoms with Crippen LogP contribution in [0.15, 0.2) is 54.9 Å². The molecule has 0 radical (unpaired) electrons. The Balaban J connectivity index is 1.92. The van der Waals surface area contributed by atoms with E-state index in [-0.39, 0.29) is 5.92 Å². The van der Waals surface area contributed by atoms with E-state index in [0.717, 1.165) is 24.3 Å². The first-order chi connectivity index (χ1) is 11.7. The third-order valence-corrected chi connectivity index (χ3v) is 3.96. The van der Waals surface area contributed by atoms with E-state index in [2.05, 4.69) is 28.5 Å². The van der Waals surface area contributed by atoms with Gasteiger partial charge in [-0.05, 0) is 37.0 Å². The van der Waals surface area contributed by atoms with Crippen molar-refractivity contribution in [2.45, 2.75) is 32.1 Å². The largest absolute Gasteiger partial charge is 0.341 e. The zero-order chi connectivity index (χ0) is 17.2. The lowest BCUT2D eigenvalue weighted by atomic mass is 9.88. The summed E-state index contributed by atoms with van der Waals surface area (Å²) in [7, 11) is 0. The van der Waals surface area contributed by atoms with Crippen LogP contribution in [-0.4, -0.2) is 34.4 Å². The summed E-state index contributed by atoms with van der Waals surface area (Å²) in [4.78, 5) is 15.7. The van der Waals surface area contributed by atoms with E-state index < -0.39 is 6.03 Å². The summed E-state index contributed by atoms with van der Waals surface area (Å²) in [5, 5.41) is 13.0. The molecule has 1 unspecified atom stereocenters. The number of unbranched alkanes of at least 4 members (excludes halogenated alkanes) is 1. The number of aromatic nitrogens is 1. The van der Waals surface area contributed by atoms with Crippen LogP contribution in [0.1, 0.15) is 43.2 Å². The topological polar surface area (TPSA) is 65.5 Å². The van der Waals surface area contributed by atoms with E-state index in [0.29, 0.717) is 13.1 Å². The predicted octanol–water partition coefficient (Wildman–Crippen LogP) is 3.80. The second-order valence-corrected chi connectivity index (χ2v) is 5.70. The summed E-state index contributed by atoms with van der Waals surface area (Å²) in [5.74, 6) is 0.275. The van der Waals surface area contributed by atoms with Gasteiger partial charge in [0, 0.05) is 24.9 Å². The molecule has 2 rings (SSSR count). The number of nitrogens with one attached hydrogen (secondary N) is 1. The van der Waals surface area contributed by atoms with Crippen LogP contribution in [0.4, 0.5) is 4.79 Å². The summed E-state index contributed by atoms with van der Waals surface area (Å²) in [6.07, 6.45) is 6.29. The van der Waals surface area contributed by atoms with Gasteiger partial charge in [0.1, 0.15) is 0 Å². The van der Waals surface area contributed by atoms with Crippen LogP contribution in [-0.2, 0) is 0 Å². The van der Waals surface area contributed by atoms with Crippen LogP contribution in [0.2, 0.25) is 0 Å². The maximum Gasteiger partial charge on any atom is 0.341 e. The lowest BCUT2D eigenvalue weighted by molar-refractivity contribution is -0.0439. The number of hydroxylamine groups is 2. The van der Waals surface area contributed by atoms with Crippen LogP contribution in [0, 0.1) is 0 Å². The van der Waals surface area contributed by atoms with Crippen LogP contribution < -0.4 is 5.32 Å². The molecule has 0 saturated heterocycles. The predicted molar refractivity (Wildman–Crippen MR) is 93.9 cm³/mol. The number of urea groups is 1. The molecule has 0 aliphatic heterocycles. The van der Waals surface area contributed by atoms with Gasteiger partial charge in [-0.1, -0.05) is 42.8 Å². The van der Waals surface area contributed by atoms with Crippen molar-refractivity contribution in [1.82, 2.24) is 15.4 Å². The number of hydrogen-bond donors (Lipinski definition) is 2. The zero-order valence-corrected chi connectivity index (χ0v) is 14.1. The molecule has 0 spiro atoms. The third-order valence-electron chi connectivity index (χ3n) is 3.96. The first-order valence-electron chi connectivity index (χ1n) is 8.41. The fourth-order valence-corrected chi connectivity index (χ4v) is 2.75. The van der Waals surface area contributed by atoms with E-state index in [4.69, 9.17) is 0 Å². The van der Waals surface area contributed by atoms with Crippen LogP contribution in [0.5, 0.6) is 0 Å². The molecule has 24 heavy (non-hydrogen) atoms. The van der Waals surface area contributed by atoms with Crippen molar-refractivity contribution in [3.8, 4) is 0 Å². The molecule has 1 heterocycles. The molecule has 2 N–H and O–H groups in total. The Kier molecular flexibility index (Phi) is 7.23. The monoisotopic (exact) mass is 327 g/mol. The Morgan fingerprint density at radius 1 is 1.17 bits per heavy atom. The zero-order valence-electron chi connectivity index (χ0n) is 14.1. The van der Waals surface area contributed by atoms with Gasteiger partial charge in [-0.25, -0.2) is 9.86 Å². The lowest BCUT2D eigenvalue weighted by Crippen LogP contribution is -2.38. The smallest absolute Gasteiger partial charge is 0.336 e. The molecule has 5 heteroatoms. The number of hydrogen-bond acceptors (Lipinski definition) is 3. The molecule has 5 nitrogen and oxygen atoms in total. The van der Waals surface area contributed by atoms with E-state index in [9.17, 15) is 10.0 Å². The number of benzene rings is 1. The number of carbonyl (C=O) groups is 1. The minimum absolute atomic E-state index is 0.275. The number of nitrogens with zero attached hydrogens (tertiary/aromatic N) is 2. The SMILES string of the molecule is CCNC(=O)N(O)CCCCC(c1ccccc1)c1cccnc1. The Morgan fingerprint density at radius 2 is 1.92 bits per heavy atom. The number of rotatable bonds is 8. The van der Waals surface area contributed by atoms with Gasteiger partial charge < -0.3 is 5.32 Å². The Hall–Kier alpha value is -2.40. The van der Waals surface area contributed by atoms with Crippen molar-refractivity contribution < 1.29 is 10.0 Å². The maximum absolute atomic E-state index is 11.5. The first-order valence-corrected chi connectivity index (χ1v) is 8.41. The van der Waals surface area contributed by atoms with Crippen molar-refractivity contribution in [3.05, 3.63) is 66.0 Å². The van der Waals surface area contributed by atoms with E-state index >= 15 is 0 Å². The Bertz CT molecular complexity index is 565. The molecule has 2 aromatic rings. The molecule has 0 aliphatic rings. The minimum atomic E-state index is -0.440. The van der Waals surface area contributed by atoms with E-state index in [1.807, 2.05) is 37.4 Å². The minimum Gasteiger partial charge on any atom is -0.336 e. The molecule has 0 saturated carbocycles. The number of carbonyl (C=O) groups excluding carboxylic acids is 1. The van der Waals surface area contributed by atoms with Gasteiger partial charge in [0.2, 0.25) is 0 Å². The van der Waals surface area contributed by atoms with Gasteiger partial charge >= 0.3 is 6.03 Å². The van der Waals surface area contributed by atoms with E-state index in [1.54, 1.807) is 6.20 Å². The van der Waals surface area contributed by atoms with Crippen molar-refractivity contribution in [2.24, 2.45) is 0 Å². The molecule has 1 atom stereocenters. The van der Waals surface area contributed by atoms with Gasteiger partial charge in [0.25, 0.3) is 0 Å². The third kappa shape index (κ3) is 5.35. The number of pyridine rings is 1. The van der Waals surface area contributed by atoms with Crippen molar-refractivity contribution in [1.29, 1.82) is 0 Å². The Labute approximate surface area is 143 Å². The van der Waals surface area contributed by atoms with Gasteiger partial charge in [-0.2, -0.15) is 0 Å². The van der Waals surface area contributed by atoms with Crippen LogP contribution in [0.25, 0.3) is 0 Å². The summed E-state index contributed by atoms with van der Waals surface area (Å²) in [5.41, 5.74) is 2.45. The fourth-order valence-electron chi connectivity index (χ4n) is 2.75. The summed E-state index contributed by atoms with van der Waals surface area (Å²) in [6.45, 7) is 2.66. The highest BCUT2D eigenvalue weighted by molar-refractivity contribution is 5.72. The molecular formula is C19H25N3O2. The van der Waals surface area contributed by atoms with Crippen molar-refractivity contribution in [3.63, 3.8) is 0 Å². The van der Waals surface area contributed by atoms with Gasteiger partial charge in [0.05, 0.1) is 6.54 Å². The van der Waals surface area contributed by atoms with Crippen LogP contribution in [0.3, 0.4) is 0 Å². The van der Waals surface area contributed by atoms with Crippen molar-refractivity contribution >= 4 is 6.03 Å².